The molecule has 2 N–H and O–H groups in total. The molecule has 0 bridgehead atoms. The average Bonchev–Trinajstić information content (AvgIpc) is 3.19. The number of morpholine rings is 1. The van der Waals surface area contributed by atoms with Crippen molar-refractivity contribution in [3.8, 4) is 0 Å². The first kappa shape index (κ1) is 21.5. The lowest BCUT2D eigenvalue weighted by molar-refractivity contribution is -0.128. The number of hydrogen-bond acceptors (Lipinski definition) is 5. The maximum atomic E-state index is 13.2. The Balaban J connectivity index is 1.45. The third-order valence-electron chi connectivity index (χ3n) is 5.28. The quantitative estimate of drug-likeness (QED) is 0.702. The highest BCUT2D eigenvalue weighted by Crippen LogP contribution is 2.26. The summed E-state index contributed by atoms with van der Waals surface area (Å²) in [6.45, 7) is 4.64. The minimum atomic E-state index is -0.482. The van der Waals surface area contributed by atoms with Crippen LogP contribution in [0.1, 0.15) is 29.3 Å². The van der Waals surface area contributed by atoms with E-state index in [-0.39, 0.29) is 23.0 Å². The number of anilines is 1. The van der Waals surface area contributed by atoms with E-state index in [9.17, 15) is 14.0 Å². The number of halogens is 2. The Kier molecular flexibility index (Phi) is 6.35. The van der Waals surface area contributed by atoms with E-state index >= 15 is 0 Å². The van der Waals surface area contributed by atoms with E-state index in [1.165, 1.54) is 18.3 Å². The highest BCUT2D eigenvalue weighted by atomic mass is 35.5. The van der Waals surface area contributed by atoms with Crippen LogP contribution in [0.4, 0.5) is 10.1 Å². The second kappa shape index (κ2) is 9.17. The van der Waals surface area contributed by atoms with Gasteiger partial charge in [0, 0.05) is 25.2 Å². The lowest BCUT2D eigenvalue weighted by Gasteiger charge is -2.32. The zero-order valence-electron chi connectivity index (χ0n) is 17.0. The first-order valence-electron chi connectivity index (χ1n) is 10.0. The molecule has 2 aliphatic rings. The van der Waals surface area contributed by atoms with Crippen LogP contribution >= 0.6 is 11.6 Å². The number of hydrogen-bond donors (Lipinski definition) is 2. The lowest BCUT2D eigenvalue weighted by Crippen LogP contribution is -2.42. The van der Waals surface area contributed by atoms with E-state index in [1.54, 1.807) is 11.0 Å². The van der Waals surface area contributed by atoms with Crippen molar-refractivity contribution in [2.45, 2.75) is 25.6 Å². The topological polar surface area (TPSA) is 88.5 Å². The molecule has 164 valence electrons. The summed E-state index contributed by atoms with van der Waals surface area (Å²) in [4.78, 5) is 31.5. The van der Waals surface area contributed by atoms with Gasteiger partial charge in [-0.25, -0.2) is 9.37 Å². The van der Waals surface area contributed by atoms with Gasteiger partial charge in [-0.1, -0.05) is 17.7 Å². The van der Waals surface area contributed by atoms with Crippen molar-refractivity contribution in [1.29, 1.82) is 0 Å². The monoisotopic (exact) mass is 447 g/mol. The Labute approximate surface area is 184 Å². The SMILES string of the molecule is C[C@@H]1CN(C(=O)/C=C/[C@H]2COCCN2)Cc2ncc(C(=O)Nc3ccc(F)cc3Cl)n21. The molecule has 0 spiro atoms. The van der Waals surface area contributed by atoms with E-state index in [0.717, 1.165) is 12.6 Å². The zero-order chi connectivity index (χ0) is 22.0. The fourth-order valence-electron chi connectivity index (χ4n) is 3.77. The highest BCUT2D eigenvalue weighted by Gasteiger charge is 2.29. The normalized spacial score (nSPS) is 21.2. The summed E-state index contributed by atoms with van der Waals surface area (Å²) in [5.41, 5.74) is 0.670. The molecule has 0 aliphatic carbocycles. The molecule has 1 aromatic heterocycles. The number of rotatable bonds is 4. The third kappa shape index (κ3) is 4.79. The van der Waals surface area contributed by atoms with Crippen LogP contribution in [0.2, 0.25) is 5.02 Å². The van der Waals surface area contributed by atoms with Gasteiger partial charge in [-0.3, -0.25) is 9.59 Å². The summed E-state index contributed by atoms with van der Waals surface area (Å²) in [6, 6.07) is 3.64. The standard InChI is InChI=1S/C21H23ClFN5O3/c1-13-10-27(20(29)5-3-15-12-31-7-6-24-15)11-19-25-9-18(28(13)19)21(30)26-17-4-2-14(23)8-16(17)22/h2-5,8-9,13,15,24H,6-7,10-12H2,1H3,(H,26,30)/b5-3+/t13-,15+/m1/s1. The fraction of sp³-hybridized carbons (Fsp3) is 0.381. The van der Waals surface area contributed by atoms with Crippen LogP contribution in [0, 0.1) is 5.82 Å². The van der Waals surface area contributed by atoms with E-state index in [2.05, 4.69) is 15.6 Å². The summed E-state index contributed by atoms with van der Waals surface area (Å²) in [5, 5.41) is 6.08. The molecule has 1 saturated heterocycles. The Hall–Kier alpha value is -2.75. The second-order valence-electron chi connectivity index (χ2n) is 7.57. The highest BCUT2D eigenvalue weighted by molar-refractivity contribution is 6.33. The molecule has 3 heterocycles. The van der Waals surface area contributed by atoms with Crippen molar-refractivity contribution in [3.05, 3.63) is 58.9 Å². The Morgan fingerprint density at radius 3 is 3.00 bits per heavy atom. The molecular formula is C21H23ClFN5O3. The molecule has 2 aliphatic heterocycles. The second-order valence-corrected chi connectivity index (χ2v) is 7.98. The third-order valence-corrected chi connectivity index (χ3v) is 5.59. The number of amides is 2. The molecule has 10 heteroatoms. The minimum Gasteiger partial charge on any atom is -0.378 e. The molecule has 0 unspecified atom stereocenters. The van der Waals surface area contributed by atoms with Gasteiger partial charge >= 0.3 is 0 Å². The number of imidazole rings is 1. The molecule has 2 amide bonds. The van der Waals surface area contributed by atoms with Gasteiger partial charge < -0.3 is 24.8 Å². The van der Waals surface area contributed by atoms with Gasteiger partial charge in [-0.05, 0) is 25.1 Å². The molecule has 0 saturated carbocycles. The van der Waals surface area contributed by atoms with Crippen LogP contribution in [0.25, 0.3) is 0 Å². The zero-order valence-corrected chi connectivity index (χ0v) is 17.7. The minimum absolute atomic E-state index is 0.0236. The molecule has 1 fully saturated rings. The summed E-state index contributed by atoms with van der Waals surface area (Å²) in [7, 11) is 0. The molecule has 0 radical (unpaired) electrons. The summed E-state index contributed by atoms with van der Waals surface area (Å²) in [6.07, 6.45) is 4.85. The van der Waals surface area contributed by atoms with Crippen molar-refractivity contribution in [3.63, 3.8) is 0 Å². The molecule has 1 aromatic carbocycles. The van der Waals surface area contributed by atoms with E-state index in [1.807, 2.05) is 17.6 Å². The van der Waals surface area contributed by atoms with Gasteiger partial charge in [0.2, 0.25) is 5.91 Å². The molecule has 2 aromatic rings. The van der Waals surface area contributed by atoms with Crippen molar-refractivity contribution in [2.24, 2.45) is 0 Å². The number of carbonyl (C=O) groups excluding carboxylic acids is 2. The molecule has 2 atom stereocenters. The summed E-state index contributed by atoms with van der Waals surface area (Å²) >= 11 is 6.01. The van der Waals surface area contributed by atoms with Gasteiger partial charge in [0.15, 0.2) is 0 Å². The van der Waals surface area contributed by atoms with Gasteiger partial charge in [-0.15, -0.1) is 0 Å². The number of fused-ring (bicyclic) bond motifs is 1. The number of ether oxygens (including phenoxy) is 1. The van der Waals surface area contributed by atoms with E-state index in [4.69, 9.17) is 16.3 Å². The Morgan fingerprint density at radius 2 is 2.26 bits per heavy atom. The number of nitrogens with one attached hydrogen (secondary N) is 2. The molecular weight excluding hydrogens is 425 g/mol. The van der Waals surface area contributed by atoms with Crippen LogP contribution in [0.3, 0.4) is 0 Å². The maximum Gasteiger partial charge on any atom is 0.273 e. The number of nitrogens with zero attached hydrogens (tertiary/aromatic N) is 3. The van der Waals surface area contributed by atoms with Crippen molar-refractivity contribution in [2.75, 3.05) is 31.6 Å². The van der Waals surface area contributed by atoms with Gasteiger partial charge in [0.1, 0.15) is 17.3 Å². The van der Waals surface area contributed by atoms with Crippen molar-refractivity contribution in [1.82, 2.24) is 19.8 Å². The van der Waals surface area contributed by atoms with Crippen LogP contribution in [0.5, 0.6) is 0 Å². The van der Waals surface area contributed by atoms with E-state index in [0.29, 0.717) is 43.5 Å². The molecule has 4 rings (SSSR count). The predicted molar refractivity (Wildman–Crippen MR) is 113 cm³/mol. The summed E-state index contributed by atoms with van der Waals surface area (Å²) in [5.74, 6) is -0.376. The van der Waals surface area contributed by atoms with Crippen molar-refractivity contribution >= 4 is 29.1 Å². The number of aromatic nitrogens is 2. The fourth-order valence-corrected chi connectivity index (χ4v) is 3.98. The van der Waals surface area contributed by atoms with Crippen LogP contribution in [-0.4, -0.2) is 58.6 Å². The average molecular weight is 448 g/mol. The van der Waals surface area contributed by atoms with E-state index < -0.39 is 11.7 Å². The number of carbonyl (C=O) groups is 2. The summed E-state index contributed by atoms with van der Waals surface area (Å²) < 4.78 is 20.4. The number of benzene rings is 1. The van der Waals surface area contributed by atoms with Crippen LogP contribution < -0.4 is 10.6 Å². The Morgan fingerprint density at radius 1 is 1.42 bits per heavy atom. The van der Waals surface area contributed by atoms with Gasteiger partial charge in [0.25, 0.3) is 5.91 Å². The largest absolute Gasteiger partial charge is 0.378 e. The lowest BCUT2D eigenvalue weighted by atomic mass is 10.2. The van der Waals surface area contributed by atoms with Gasteiger partial charge in [-0.2, -0.15) is 0 Å². The molecule has 8 nitrogen and oxygen atoms in total. The van der Waals surface area contributed by atoms with Gasteiger partial charge in [0.05, 0.1) is 42.7 Å². The molecule has 31 heavy (non-hydrogen) atoms. The van der Waals surface area contributed by atoms with Crippen LogP contribution in [-0.2, 0) is 16.1 Å². The Bertz CT molecular complexity index is 1020. The first-order valence-corrected chi connectivity index (χ1v) is 10.4. The maximum absolute atomic E-state index is 13.2. The predicted octanol–water partition coefficient (Wildman–Crippen LogP) is 2.38. The first-order chi connectivity index (χ1) is 14.9. The van der Waals surface area contributed by atoms with Crippen LogP contribution in [0.15, 0.2) is 36.5 Å². The van der Waals surface area contributed by atoms with Crippen molar-refractivity contribution < 1.29 is 18.7 Å². The smallest absolute Gasteiger partial charge is 0.273 e.